The maximum Gasteiger partial charge on any atom is 0.269 e. The predicted octanol–water partition coefficient (Wildman–Crippen LogP) is 1.33. The van der Waals surface area contributed by atoms with Crippen LogP contribution < -0.4 is 10.9 Å². The lowest BCUT2D eigenvalue weighted by atomic mass is 10.2. The van der Waals surface area contributed by atoms with Crippen molar-refractivity contribution in [3.63, 3.8) is 0 Å². The van der Waals surface area contributed by atoms with Gasteiger partial charge in [0.2, 0.25) is 10.0 Å². The number of hydrogen-bond acceptors (Lipinski definition) is 5. The molecule has 8 nitrogen and oxygen atoms in total. The maximum atomic E-state index is 12.7. The lowest BCUT2D eigenvalue weighted by Gasteiger charge is -2.26. The topological polar surface area (TPSA) is 108 Å². The molecule has 2 amide bonds. The monoisotopic (exact) mass is 388 g/mol. The minimum atomic E-state index is -3.63. The fourth-order valence-electron chi connectivity index (χ4n) is 2.81. The number of amides is 2. The van der Waals surface area contributed by atoms with Crippen LogP contribution in [0.2, 0.25) is 0 Å². The van der Waals surface area contributed by atoms with E-state index in [1.165, 1.54) is 53.1 Å². The Morgan fingerprint density at radius 1 is 0.889 bits per heavy atom. The number of nitrogens with zero attached hydrogens (tertiary/aromatic N) is 2. The Kier molecular flexibility index (Phi) is 5.82. The number of rotatable bonds is 4. The van der Waals surface area contributed by atoms with Crippen LogP contribution in [0.25, 0.3) is 0 Å². The summed E-state index contributed by atoms with van der Waals surface area (Å²) in [5.74, 6) is -1.10. The Morgan fingerprint density at radius 2 is 1.52 bits per heavy atom. The Balaban J connectivity index is 1.69. The normalized spacial score (nSPS) is 15.1. The molecule has 1 saturated heterocycles. The number of benzene rings is 1. The van der Waals surface area contributed by atoms with E-state index in [4.69, 9.17) is 0 Å². The first-order valence-corrected chi connectivity index (χ1v) is 10.0. The van der Waals surface area contributed by atoms with E-state index in [1.54, 1.807) is 0 Å². The van der Waals surface area contributed by atoms with Crippen LogP contribution in [0.1, 0.15) is 40.0 Å². The van der Waals surface area contributed by atoms with Gasteiger partial charge < -0.3 is 0 Å². The molecular formula is C18H20N4O4S. The van der Waals surface area contributed by atoms with Crippen LogP contribution in [0.3, 0.4) is 0 Å². The van der Waals surface area contributed by atoms with Gasteiger partial charge in [-0.25, -0.2) is 8.42 Å². The molecule has 1 aromatic carbocycles. The molecule has 0 aliphatic carbocycles. The highest BCUT2D eigenvalue weighted by atomic mass is 32.2. The third-order valence-corrected chi connectivity index (χ3v) is 6.18. The number of sulfonamides is 1. The summed E-state index contributed by atoms with van der Waals surface area (Å²) in [5.41, 5.74) is 5.06. The first kappa shape index (κ1) is 19.0. The van der Waals surface area contributed by atoms with Gasteiger partial charge in [-0.3, -0.25) is 25.4 Å². The quantitative estimate of drug-likeness (QED) is 0.768. The lowest BCUT2D eigenvalue weighted by molar-refractivity contribution is 0.0846. The fraction of sp³-hybridized carbons (Fsp3) is 0.278. The molecule has 1 aliphatic heterocycles. The van der Waals surface area contributed by atoms with E-state index in [0.717, 1.165) is 19.3 Å². The average Bonchev–Trinajstić information content (AvgIpc) is 2.73. The molecule has 1 aliphatic rings. The summed E-state index contributed by atoms with van der Waals surface area (Å²) in [6, 6.07) is 8.80. The first-order chi connectivity index (χ1) is 13.0. The Bertz CT molecular complexity index is 925. The van der Waals surface area contributed by atoms with Gasteiger partial charge in [-0.05, 0) is 43.2 Å². The van der Waals surface area contributed by atoms with Crippen molar-refractivity contribution in [1.82, 2.24) is 20.1 Å². The summed E-state index contributed by atoms with van der Waals surface area (Å²) in [7, 11) is -3.63. The van der Waals surface area contributed by atoms with Crippen molar-refractivity contribution in [2.75, 3.05) is 13.1 Å². The maximum absolute atomic E-state index is 12.7. The van der Waals surface area contributed by atoms with Gasteiger partial charge in [-0.1, -0.05) is 12.5 Å². The van der Waals surface area contributed by atoms with Gasteiger partial charge in [0.1, 0.15) is 0 Å². The molecule has 0 atom stereocenters. The minimum Gasteiger partial charge on any atom is -0.267 e. The molecule has 1 fully saturated rings. The van der Waals surface area contributed by atoms with Gasteiger partial charge in [-0.15, -0.1) is 0 Å². The second kappa shape index (κ2) is 8.28. The number of carbonyl (C=O) groups is 2. The van der Waals surface area contributed by atoms with Crippen molar-refractivity contribution in [1.29, 1.82) is 0 Å². The van der Waals surface area contributed by atoms with Crippen molar-refractivity contribution in [2.24, 2.45) is 0 Å². The van der Waals surface area contributed by atoms with Crippen molar-refractivity contribution in [2.45, 2.75) is 24.2 Å². The largest absolute Gasteiger partial charge is 0.269 e. The molecule has 0 bridgehead atoms. The number of nitrogens with one attached hydrogen (secondary N) is 2. The smallest absolute Gasteiger partial charge is 0.267 e. The second-order valence-electron chi connectivity index (χ2n) is 6.14. The van der Waals surface area contributed by atoms with Crippen molar-refractivity contribution >= 4 is 21.8 Å². The number of aromatic nitrogens is 1. The van der Waals surface area contributed by atoms with E-state index >= 15 is 0 Å². The Hall–Kier alpha value is -2.78. The second-order valence-corrected chi connectivity index (χ2v) is 8.07. The van der Waals surface area contributed by atoms with Crippen LogP contribution in [-0.4, -0.2) is 42.6 Å². The van der Waals surface area contributed by atoms with Gasteiger partial charge in [-0.2, -0.15) is 4.31 Å². The summed E-state index contributed by atoms with van der Waals surface area (Å²) >= 11 is 0. The van der Waals surface area contributed by atoms with Crippen molar-refractivity contribution in [3.8, 4) is 0 Å². The van der Waals surface area contributed by atoms with Crippen LogP contribution >= 0.6 is 0 Å². The van der Waals surface area contributed by atoms with Crippen molar-refractivity contribution < 1.29 is 18.0 Å². The molecule has 2 N–H and O–H groups in total. The highest BCUT2D eigenvalue weighted by Gasteiger charge is 2.26. The molecule has 2 aromatic rings. The standard InChI is InChI=1S/C18H20N4O4S/c23-17(14-7-9-19-10-8-14)20-21-18(24)15-5-4-6-16(13-15)27(25,26)22-11-2-1-3-12-22/h4-10,13H,1-3,11-12H2,(H,20,23)(H,21,24). The van der Waals surface area contributed by atoms with E-state index in [-0.39, 0.29) is 10.5 Å². The number of hydrogen-bond donors (Lipinski definition) is 2. The molecule has 0 spiro atoms. The summed E-state index contributed by atoms with van der Waals surface area (Å²) in [5, 5.41) is 0. The van der Waals surface area contributed by atoms with E-state index < -0.39 is 21.8 Å². The number of piperidine rings is 1. The van der Waals surface area contributed by atoms with Crippen LogP contribution in [0.15, 0.2) is 53.7 Å². The molecule has 9 heteroatoms. The minimum absolute atomic E-state index is 0.0671. The molecule has 3 rings (SSSR count). The summed E-state index contributed by atoms with van der Waals surface area (Å²) < 4.78 is 26.9. The molecule has 2 heterocycles. The van der Waals surface area contributed by atoms with Crippen LogP contribution in [-0.2, 0) is 10.0 Å². The summed E-state index contributed by atoms with van der Waals surface area (Å²) in [4.78, 5) is 28.1. The zero-order valence-electron chi connectivity index (χ0n) is 14.6. The number of carbonyl (C=O) groups excluding carboxylic acids is 2. The zero-order valence-corrected chi connectivity index (χ0v) is 15.4. The van der Waals surface area contributed by atoms with Crippen LogP contribution in [0.4, 0.5) is 0 Å². The highest BCUT2D eigenvalue weighted by molar-refractivity contribution is 7.89. The van der Waals surface area contributed by atoms with Gasteiger partial charge in [0.15, 0.2) is 0 Å². The summed E-state index contributed by atoms with van der Waals surface area (Å²) in [6.45, 7) is 0.974. The van der Waals surface area contributed by atoms with E-state index in [2.05, 4.69) is 15.8 Å². The molecular weight excluding hydrogens is 368 g/mol. The zero-order chi connectivity index (χ0) is 19.3. The Morgan fingerprint density at radius 3 is 2.19 bits per heavy atom. The van der Waals surface area contributed by atoms with Gasteiger partial charge in [0.05, 0.1) is 4.90 Å². The lowest BCUT2D eigenvalue weighted by Crippen LogP contribution is -2.41. The van der Waals surface area contributed by atoms with E-state index in [9.17, 15) is 18.0 Å². The third kappa shape index (κ3) is 4.50. The molecule has 1 aromatic heterocycles. The molecule has 27 heavy (non-hydrogen) atoms. The molecule has 0 radical (unpaired) electrons. The van der Waals surface area contributed by atoms with Gasteiger partial charge in [0.25, 0.3) is 11.8 Å². The van der Waals surface area contributed by atoms with Crippen LogP contribution in [0.5, 0.6) is 0 Å². The van der Waals surface area contributed by atoms with E-state index in [1.807, 2.05) is 0 Å². The molecule has 0 saturated carbocycles. The predicted molar refractivity (Wildman–Crippen MR) is 98.2 cm³/mol. The summed E-state index contributed by atoms with van der Waals surface area (Å²) in [6.07, 6.45) is 5.61. The Labute approximate surface area is 157 Å². The number of hydrazine groups is 1. The van der Waals surface area contributed by atoms with Gasteiger partial charge in [0, 0.05) is 36.6 Å². The van der Waals surface area contributed by atoms with E-state index in [0.29, 0.717) is 18.7 Å². The average molecular weight is 388 g/mol. The molecule has 142 valence electrons. The number of pyridine rings is 1. The van der Waals surface area contributed by atoms with Gasteiger partial charge >= 0.3 is 0 Å². The SMILES string of the molecule is O=C(NNC(=O)c1cccc(S(=O)(=O)N2CCCCC2)c1)c1ccncc1. The fourth-order valence-corrected chi connectivity index (χ4v) is 4.38. The van der Waals surface area contributed by atoms with Crippen molar-refractivity contribution in [3.05, 3.63) is 59.9 Å². The highest BCUT2D eigenvalue weighted by Crippen LogP contribution is 2.21. The first-order valence-electron chi connectivity index (χ1n) is 8.59. The van der Waals surface area contributed by atoms with Crippen LogP contribution in [0, 0.1) is 0 Å². The molecule has 0 unspecified atom stereocenters. The third-order valence-electron chi connectivity index (χ3n) is 4.28.